The van der Waals surface area contributed by atoms with Crippen LogP contribution in [0.1, 0.15) is 5.56 Å². The van der Waals surface area contributed by atoms with Gasteiger partial charge in [0.15, 0.2) is 0 Å². The lowest BCUT2D eigenvalue weighted by Gasteiger charge is -1.84. The van der Waals surface area contributed by atoms with Crippen molar-refractivity contribution in [1.29, 1.82) is 5.26 Å². The average Bonchev–Trinajstić information content (AvgIpc) is 2.43. The van der Waals surface area contributed by atoms with Gasteiger partial charge in [0.1, 0.15) is 0 Å². The second kappa shape index (κ2) is 2.28. The van der Waals surface area contributed by atoms with Gasteiger partial charge in [-0.05, 0) is 12.1 Å². The molecule has 0 radical (unpaired) electrons. The summed E-state index contributed by atoms with van der Waals surface area (Å²) < 4.78 is 0. The highest BCUT2D eigenvalue weighted by Gasteiger charge is 2.02. The van der Waals surface area contributed by atoms with Crippen LogP contribution in [0.25, 0.3) is 6.08 Å². The topological polar surface area (TPSA) is 53.2 Å². The Kier molecular flexibility index (Phi) is 1.28. The molecule has 0 atom stereocenters. The summed E-state index contributed by atoms with van der Waals surface area (Å²) >= 11 is 0. The van der Waals surface area contributed by atoms with Crippen molar-refractivity contribution in [3.8, 4) is 6.07 Å². The second-order valence-corrected chi connectivity index (χ2v) is 2.48. The molecule has 0 fully saturated rings. The predicted octanol–water partition coefficient (Wildman–Crippen LogP) is -0.501. The van der Waals surface area contributed by atoms with Gasteiger partial charge in [-0.15, -0.1) is 0 Å². The standard InChI is InChI=1S/C9H4N2O/c10-5-6-1-2-7-4-9(12)11-8(7)3-6/h1-4H. The first-order valence-electron chi connectivity index (χ1n) is 3.44. The number of fused-ring (bicyclic) bond motifs is 1. The SMILES string of the molecule is N#Cc1ccc2c(c1)=NC(=O)C=2. The first-order valence-corrected chi connectivity index (χ1v) is 3.44. The maximum absolute atomic E-state index is 10.8. The van der Waals surface area contributed by atoms with Crippen molar-refractivity contribution in [3.63, 3.8) is 0 Å². The van der Waals surface area contributed by atoms with Crippen molar-refractivity contribution < 1.29 is 4.79 Å². The minimum absolute atomic E-state index is 0.250. The molecule has 0 aliphatic carbocycles. The normalized spacial score (nSPS) is 12.8. The zero-order valence-corrected chi connectivity index (χ0v) is 6.11. The van der Waals surface area contributed by atoms with Gasteiger partial charge in [-0.1, -0.05) is 6.07 Å². The molecule has 0 saturated carbocycles. The van der Waals surface area contributed by atoms with E-state index < -0.39 is 0 Å². The number of hydrogen-bond acceptors (Lipinski definition) is 2. The maximum atomic E-state index is 10.8. The highest BCUT2D eigenvalue weighted by atomic mass is 16.1. The van der Waals surface area contributed by atoms with Gasteiger partial charge in [-0.25, -0.2) is 4.99 Å². The van der Waals surface area contributed by atoms with Gasteiger partial charge in [-0.2, -0.15) is 5.26 Å². The first-order chi connectivity index (χ1) is 5.79. The van der Waals surface area contributed by atoms with Crippen molar-refractivity contribution in [2.24, 2.45) is 4.99 Å². The lowest BCUT2D eigenvalue weighted by Crippen LogP contribution is -2.20. The van der Waals surface area contributed by atoms with E-state index in [4.69, 9.17) is 5.26 Å². The van der Waals surface area contributed by atoms with Crippen LogP contribution in [0.2, 0.25) is 0 Å². The Bertz CT molecular complexity index is 508. The van der Waals surface area contributed by atoms with Crippen LogP contribution in [0.4, 0.5) is 0 Å². The van der Waals surface area contributed by atoms with Crippen LogP contribution in [-0.2, 0) is 4.79 Å². The largest absolute Gasteiger partial charge is 0.270 e. The summed E-state index contributed by atoms with van der Waals surface area (Å²) in [6, 6.07) is 6.99. The van der Waals surface area contributed by atoms with Crippen LogP contribution >= 0.6 is 0 Å². The molecule has 2 rings (SSSR count). The van der Waals surface area contributed by atoms with Crippen LogP contribution in [0.3, 0.4) is 0 Å². The first kappa shape index (κ1) is 6.74. The van der Waals surface area contributed by atoms with Gasteiger partial charge in [0, 0.05) is 11.3 Å². The van der Waals surface area contributed by atoms with Crippen molar-refractivity contribution >= 4 is 12.0 Å². The molecule has 0 unspecified atom stereocenters. The fourth-order valence-corrected chi connectivity index (χ4v) is 1.12. The minimum atomic E-state index is -0.250. The van der Waals surface area contributed by atoms with Crippen molar-refractivity contribution in [2.75, 3.05) is 0 Å². The summed E-state index contributed by atoms with van der Waals surface area (Å²) in [4.78, 5) is 14.5. The number of benzene rings is 1. The second-order valence-electron chi connectivity index (χ2n) is 2.48. The molecule has 1 aliphatic rings. The van der Waals surface area contributed by atoms with E-state index >= 15 is 0 Å². The number of carbonyl (C=O) groups excluding carboxylic acids is 1. The van der Waals surface area contributed by atoms with Crippen LogP contribution in [0.15, 0.2) is 23.2 Å². The number of rotatable bonds is 0. The number of amides is 1. The Hall–Kier alpha value is -1.95. The summed E-state index contributed by atoms with van der Waals surface area (Å²) in [6.07, 6.45) is 1.45. The Labute approximate surface area is 68.3 Å². The lowest BCUT2D eigenvalue weighted by atomic mass is 10.2. The summed E-state index contributed by atoms with van der Waals surface area (Å²) in [5.74, 6) is -0.250. The quantitative estimate of drug-likeness (QED) is 0.508. The minimum Gasteiger partial charge on any atom is -0.267 e. The third-order valence-corrected chi connectivity index (χ3v) is 1.67. The number of nitriles is 1. The molecule has 1 amide bonds. The van der Waals surface area contributed by atoms with E-state index in [1.54, 1.807) is 18.2 Å². The summed E-state index contributed by atoms with van der Waals surface area (Å²) in [5, 5.41) is 9.94. The lowest BCUT2D eigenvalue weighted by molar-refractivity contribution is -0.112. The average molecular weight is 156 g/mol. The monoisotopic (exact) mass is 156 g/mol. The molecule has 56 valence electrons. The van der Waals surface area contributed by atoms with Crippen LogP contribution in [-0.4, -0.2) is 5.91 Å². The van der Waals surface area contributed by atoms with E-state index in [0.717, 1.165) is 5.22 Å². The number of nitrogens with zero attached hydrogens (tertiary/aromatic N) is 2. The summed E-state index contributed by atoms with van der Waals surface area (Å²) in [6.45, 7) is 0. The highest BCUT2D eigenvalue weighted by Crippen LogP contribution is 1.90. The fraction of sp³-hybridized carbons (Fsp3) is 0. The van der Waals surface area contributed by atoms with Crippen LogP contribution < -0.4 is 10.6 Å². The molecule has 3 nitrogen and oxygen atoms in total. The van der Waals surface area contributed by atoms with E-state index in [-0.39, 0.29) is 5.91 Å². The molecule has 1 aliphatic heterocycles. The number of carbonyl (C=O) groups is 1. The van der Waals surface area contributed by atoms with E-state index in [1.165, 1.54) is 6.08 Å². The van der Waals surface area contributed by atoms with Crippen molar-refractivity contribution in [3.05, 3.63) is 34.3 Å². The zero-order valence-electron chi connectivity index (χ0n) is 6.11. The van der Waals surface area contributed by atoms with E-state index in [9.17, 15) is 4.79 Å². The molecule has 1 aromatic carbocycles. The van der Waals surface area contributed by atoms with Gasteiger partial charge in [0.05, 0.1) is 17.0 Å². The molecule has 1 aromatic rings. The molecule has 12 heavy (non-hydrogen) atoms. The van der Waals surface area contributed by atoms with Gasteiger partial charge in [0.2, 0.25) is 0 Å². The molecular weight excluding hydrogens is 152 g/mol. The van der Waals surface area contributed by atoms with Gasteiger partial charge in [-0.3, -0.25) is 4.79 Å². The fourth-order valence-electron chi connectivity index (χ4n) is 1.12. The van der Waals surface area contributed by atoms with Crippen LogP contribution in [0, 0.1) is 11.3 Å². The molecule has 0 N–H and O–H groups in total. The Morgan fingerprint density at radius 2 is 2.25 bits per heavy atom. The molecule has 0 spiro atoms. The Balaban J connectivity index is 2.83. The van der Waals surface area contributed by atoms with Gasteiger partial charge in [0.25, 0.3) is 5.91 Å². The van der Waals surface area contributed by atoms with E-state index in [2.05, 4.69) is 4.99 Å². The van der Waals surface area contributed by atoms with Gasteiger partial charge < -0.3 is 0 Å². The maximum Gasteiger partial charge on any atom is 0.270 e. The number of hydrogen-bond donors (Lipinski definition) is 0. The molecular formula is C9H4N2O. The van der Waals surface area contributed by atoms with Gasteiger partial charge >= 0.3 is 0 Å². The molecule has 0 aromatic heterocycles. The smallest absolute Gasteiger partial charge is 0.267 e. The Morgan fingerprint density at radius 1 is 1.42 bits per heavy atom. The van der Waals surface area contributed by atoms with Crippen molar-refractivity contribution in [1.82, 2.24) is 0 Å². The summed E-state index contributed by atoms with van der Waals surface area (Å²) in [5.41, 5.74) is 0.528. The molecule has 3 heteroatoms. The third kappa shape index (κ3) is 0.903. The van der Waals surface area contributed by atoms with E-state index in [1.807, 2.05) is 6.07 Å². The zero-order chi connectivity index (χ0) is 8.55. The van der Waals surface area contributed by atoms with Crippen molar-refractivity contribution in [2.45, 2.75) is 0 Å². The molecule has 0 saturated heterocycles. The van der Waals surface area contributed by atoms with Crippen LogP contribution in [0.5, 0.6) is 0 Å². The predicted molar refractivity (Wildman–Crippen MR) is 41.4 cm³/mol. The highest BCUT2D eigenvalue weighted by molar-refractivity contribution is 6.06. The Morgan fingerprint density at radius 3 is 3.00 bits per heavy atom. The third-order valence-electron chi connectivity index (χ3n) is 1.67. The molecule has 1 heterocycles. The summed E-state index contributed by atoms with van der Waals surface area (Å²) in [7, 11) is 0. The van der Waals surface area contributed by atoms with E-state index in [0.29, 0.717) is 10.9 Å². The molecule has 0 bridgehead atoms.